The fraction of sp³-hybridized carbons (Fsp3) is 0.842. The summed E-state index contributed by atoms with van der Waals surface area (Å²) < 4.78 is 21.3. The van der Waals surface area contributed by atoms with Crippen LogP contribution in [0.1, 0.15) is 33.1 Å². The van der Waals surface area contributed by atoms with E-state index in [4.69, 9.17) is 18.9 Å². The largest absolute Gasteiger partial charge is 0.466 e. The monoisotopic (exact) mass is 340 g/mol. The van der Waals surface area contributed by atoms with Gasteiger partial charge in [0.15, 0.2) is 0 Å². The summed E-state index contributed by atoms with van der Waals surface area (Å²) in [6.45, 7) is 6.34. The quantitative estimate of drug-likeness (QED) is 0.265. The predicted octanol–water partition coefficient (Wildman–Crippen LogP) is 3.04. The predicted molar refractivity (Wildman–Crippen MR) is 91.4 cm³/mol. The van der Waals surface area contributed by atoms with Gasteiger partial charge in [-0.15, -0.1) is 0 Å². The van der Waals surface area contributed by atoms with E-state index in [2.05, 4.69) is 19.1 Å². The summed E-state index contributed by atoms with van der Waals surface area (Å²) in [4.78, 5) is 12.6. The zero-order valence-electron chi connectivity index (χ0n) is 15.2. The maximum Gasteiger partial charge on any atom is 0.309 e. The second-order valence-electron chi connectivity index (χ2n) is 6.70. The molecule has 1 saturated carbocycles. The number of rotatable bonds is 10. The molecule has 24 heavy (non-hydrogen) atoms. The molecule has 0 radical (unpaired) electrons. The van der Waals surface area contributed by atoms with Gasteiger partial charge in [-0.05, 0) is 37.5 Å². The first-order valence-corrected chi connectivity index (χ1v) is 9.22. The SMILES string of the molecule is CCOC(=O)[C@H]1[C@@H]2CC[C@H](CC)[C@H]2C=C[C@H]1COCOCCOC. The minimum absolute atomic E-state index is 0.0671. The van der Waals surface area contributed by atoms with E-state index < -0.39 is 0 Å². The molecule has 2 aliphatic rings. The van der Waals surface area contributed by atoms with Crippen molar-refractivity contribution in [3.63, 3.8) is 0 Å². The van der Waals surface area contributed by atoms with Gasteiger partial charge in [-0.3, -0.25) is 4.79 Å². The second-order valence-corrected chi connectivity index (χ2v) is 6.70. The highest BCUT2D eigenvalue weighted by Gasteiger charge is 2.46. The Hall–Kier alpha value is -0.910. The number of methoxy groups -OCH3 is 1. The average molecular weight is 340 g/mol. The molecule has 0 aliphatic heterocycles. The van der Waals surface area contributed by atoms with E-state index in [9.17, 15) is 4.79 Å². The van der Waals surface area contributed by atoms with Gasteiger partial charge in [0.05, 0.1) is 32.3 Å². The molecule has 2 aliphatic carbocycles. The molecular formula is C19H32O5. The molecule has 0 aromatic carbocycles. The van der Waals surface area contributed by atoms with Crippen molar-refractivity contribution < 1.29 is 23.7 Å². The highest BCUT2D eigenvalue weighted by atomic mass is 16.7. The Bertz CT molecular complexity index is 409. The van der Waals surface area contributed by atoms with Crippen LogP contribution < -0.4 is 0 Å². The Morgan fingerprint density at radius 2 is 1.96 bits per heavy atom. The van der Waals surface area contributed by atoms with Crippen molar-refractivity contribution in [2.75, 3.05) is 40.3 Å². The first-order valence-electron chi connectivity index (χ1n) is 9.22. The lowest BCUT2D eigenvalue weighted by Crippen LogP contribution is -2.39. The number of hydrogen-bond donors (Lipinski definition) is 0. The van der Waals surface area contributed by atoms with Gasteiger partial charge >= 0.3 is 5.97 Å². The molecule has 0 N–H and O–H groups in total. The van der Waals surface area contributed by atoms with Crippen LogP contribution in [-0.4, -0.2) is 46.3 Å². The van der Waals surface area contributed by atoms with Gasteiger partial charge < -0.3 is 18.9 Å². The Labute approximate surface area is 145 Å². The zero-order chi connectivity index (χ0) is 17.4. The molecule has 0 aromatic heterocycles. The molecule has 5 nitrogen and oxygen atoms in total. The molecule has 2 rings (SSSR count). The van der Waals surface area contributed by atoms with Crippen LogP contribution in [0.2, 0.25) is 0 Å². The molecule has 0 bridgehead atoms. The molecule has 0 heterocycles. The normalized spacial score (nSPS) is 31.9. The van der Waals surface area contributed by atoms with E-state index in [1.807, 2.05) is 6.92 Å². The molecule has 0 spiro atoms. The first-order chi connectivity index (χ1) is 11.7. The van der Waals surface area contributed by atoms with E-state index in [1.165, 1.54) is 12.8 Å². The van der Waals surface area contributed by atoms with Crippen molar-refractivity contribution in [1.29, 1.82) is 0 Å². The molecule has 0 amide bonds. The van der Waals surface area contributed by atoms with Crippen LogP contribution in [0.5, 0.6) is 0 Å². The van der Waals surface area contributed by atoms with Crippen molar-refractivity contribution in [3.05, 3.63) is 12.2 Å². The Balaban J connectivity index is 1.94. The van der Waals surface area contributed by atoms with Crippen LogP contribution in [0.3, 0.4) is 0 Å². The number of fused-ring (bicyclic) bond motifs is 1. The van der Waals surface area contributed by atoms with Crippen LogP contribution in [0.25, 0.3) is 0 Å². The molecule has 1 fully saturated rings. The number of hydrogen-bond acceptors (Lipinski definition) is 5. The fourth-order valence-corrected chi connectivity index (χ4v) is 4.24. The third-order valence-electron chi connectivity index (χ3n) is 5.40. The van der Waals surface area contributed by atoms with Crippen molar-refractivity contribution in [3.8, 4) is 0 Å². The maximum atomic E-state index is 12.6. The number of ether oxygens (including phenoxy) is 4. The Morgan fingerprint density at radius 3 is 2.67 bits per heavy atom. The van der Waals surface area contributed by atoms with Crippen molar-refractivity contribution in [2.24, 2.45) is 29.6 Å². The van der Waals surface area contributed by atoms with E-state index in [0.29, 0.717) is 44.2 Å². The zero-order valence-corrected chi connectivity index (χ0v) is 15.2. The highest BCUT2D eigenvalue weighted by Crippen LogP contribution is 2.49. The summed E-state index contributed by atoms with van der Waals surface area (Å²) >= 11 is 0. The molecule has 138 valence electrons. The summed E-state index contributed by atoms with van der Waals surface area (Å²) in [5, 5.41) is 0. The molecule has 0 aromatic rings. The van der Waals surface area contributed by atoms with E-state index in [1.54, 1.807) is 7.11 Å². The van der Waals surface area contributed by atoms with Gasteiger partial charge in [-0.1, -0.05) is 25.5 Å². The molecule has 5 atom stereocenters. The summed E-state index contributed by atoms with van der Waals surface area (Å²) in [5.41, 5.74) is 0. The minimum Gasteiger partial charge on any atom is -0.466 e. The standard InChI is InChI=1S/C19H32O5/c1-4-14-6-9-17-16(14)8-7-15(18(17)19(20)24-5-2)12-23-13-22-11-10-21-3/h7-8,14-18H,4-6,9-13H2,1-3H3/t14-,15-,16+,17+,18+/m0/s1. The topological polar surface area (TPSA) is 54.0 Å². The Morgan fingerprint density at radius 1 is 1.12 bits per heavy atom. The van der Waals surface area contributed by atoms with Gasteiger partial charge in [0.1, 0.15) is 6.79 Å². The molecule has 5 heteroatoms. The van der Waals surface area contributed by atoms with Crippen LogP contribution in [0, 0.1) is 29.6 Å². The minimum atomic E-state index is -0.0875. The maximum absolute atomic E-state index is 12.6. The molecular weight excluding hydrogens is 308 g/mol. The Kier molecular flexibility index (Phi) is 8.22. The highest BCUT2D eigenvalue weighted by molar-refractivity contribution is 5.74. The molecule has 0 saturated heterocycles. The smallest absolute Gasteiger partial charge is 0.309 e. The number of esters is 1. The van der Waals surface area contributed by atoms with Crippen LogP contribution >= 0.6 is 0 Å². The summed E-state index contributed by atoms with van der Waals surface area (Å²) in [6, 6.07) is 0. The first kappa shape index (κ1) is 19.4. The number of carbonyl (C=O) groups excluding carboxylic acids is 1. The summed E-state index contributed by atoms with van der Waals surface area (Å²) in [5.74, 6) is 1.52. The van der Waals surface area contributed by atoms with E-state index in [-0.39, 0.29) is 24.6 Å². The third kappa shape index (κ3) is 4.80. The van der Waals surface area contributed by atoms with E-state index >= 15 is 0 Å². The van der Waals surface area contributed by atoms with E-state index in [0.717, 1.165) is 6.42 Å². The summed E-state index contributed by atoms with van der Waals surface area (Å²) in [7, 11) is 1.64. The van der Waals surface area contributed by atoms with Crippen LogP contribution in [0.4, 0.5) is 0 Å². The lowest BCUT2D eigenvalue weighted by Gasteiger charge is -2.36. The average Bonchev–Trinajstić information content (AvgIpc) is 3.00. The van der Waals surface area contributed by atoms with Crippen LogP contribution in [0.15, 0.2) is 12.2 Å². The number of carbonyl (C=O) groups is 1. The van der Waals surface area contributed by atoms with Gasteiger partial charge in [-0.25, -0.2) is 0 Å². The van der Waals surface area contributed by atoms with Crippen molar-refractivity contribution in [2.45, 2.75) is 33.1 Å². The second kappa shape index (κ2) is 10.2. The third-order valence-corrected chi connectivity index (χ3v) is 5.40. The van der Waals surface area contributed by atoms with Gasteiger partial charge in [-0.2, -0.15) is 0 Å². The summed E-state index contributed by atoms with van der Waals surface area (Å²) in [6.07, 6.45) is 7.99. The van der Waals surface area contributed by atoms with Gasteiger partial charge in [0.2, 0.25) is 0 Å². The van der Waals surface area contributed by atoms with Crippen LogP contribution in [-0.2, 0) is 23.7 Å². The van der Waals surface area contributed by atoms with Gasteiger partial charge in [0, 0.05) is 13.0 Å². The van der Waals surface area contributed by atoms with Crippen molar-refractivity contribution in [1.82, 2.24) is 0 Å². The van der Waals surface area contributed by atoms with Crippen molar-refractivity contribution >= 4 is 5.97 Å². The molecule has 0 unspecified atom stereocenters. The number of allylic oxidation sites excluding steroid dienone is 1. The fourth-order valence-electron chi connectivity index (χ4n) is 4.24. The van der Waals surface area contributed by atoms with Gasteiger partial charge in [0.25, 0.3) is 0 Å². The lowest BCUT2D eigenvalue weighted by molar-refractivity contribution is -0.155. The lowest BCUT2D eigenvalue weighted by atomic mass is 9.70.